The molecule has 0 aromatic heterocycles. The molecule has 0 amide bonds. The Hall–Kier alpha value is -0.960. The van der Waals surface area contributed by atoms with E-state index in [1.807, 2.05) is 0 Å². The zero-order valence-corrected chi connectivity index (χ0v) is 12.0. The molecule has 0 bridgehead atoms. The first kappa shape index (κ1) is 14.4. The summed E-state index contributed by atoms with van der Waals surface area (Å²) in [5.41, 5.74) is 0. The molecule has 1 aliphatic rings. The highest BCUT2D eigenvalue weighted by Crippen LogP contribution is 2.37. The summed E-state index contributed by atoms with van der Waals surface area (Å²) in [6.45, 7) is 2.43. The van der Waals surface area contributed by atoms with Crippen molar-refractivity contribution < 1.29 is 16.8 Å². The lowest BCUT2D eigenvalue weighted by molar-refractivity contribution is 0.574. The van der Waals surface area contributed by atoms with E-state index < -0.39 is 20.0 Å². The second-order valence-electron chi connectivity index (χ2n) is 4.84. The molecule has 0 heterocycles. The van der Waals surface area contributed by atoms with Crippen LogP contribution in [-0.4, -0.2) is 23.4 Å². The molecule has 0 saturated heterocycles. The van der Waals surface area contributed by atoms with Crippen LogP contribution in [0.5, 0.6) is 0 Å². The van der Waals surface area contributed by atoms with Gasteiger partial charge in [-0.25, -0.2) is 26.7 Å². The van der Waals surface area contributed by atoms with Gasteiger partial charge >= 0.3 is 0 Å². The Morgan fingerprint density at radius 1 is 1.26 bits per heavy atom. The SMILES string of the molecule is CC1CC1CNS(=O)(=O)c1cccc(S(N)(=O)=O)c1. The van der Waals surface area contributed by atoms with Crippen LogP contribution in [0, 0.1) is 11.8 Å². The van der Waals surface area contributed by atoms with Gasteiger partial charge in [-0.3, -0.25) is 0 Å². The number of hydrogen-bond donors (Lipinski definition) is 2. The molecule has 2 atom stereocenters. The summed E-state index contributed by atoms with van der Waals surface area (Å²) >= 11 is 0. The number of nitrogens with one attached hydrogen (secondary N) is 1. The van der Waals surface area contributed by atoms with E-state index in [4.69, 9.17) is 5.14 Å². The molecule has 0 spiro atoms. The highest BCUT2D eigenvalue weighted by Gasteiger charge is 2.33. The summed E-state index contributed by atoms with van der Waals surface area (Å²) in [6, 6.07) is 5.02. The maximum atomic E-state index is 12.0. The fraction of sp³-hybridized carbons (Fsp3) is 0.455. The molecule has 0 aliphatic heterocycles. The Morgan fingerprint density at radius 3 is 2.37 bits per heavy atom. The topological polar surface area (TPSA) is 106 Å². The minimum atomic E-state index is -3.91. The van der Waals surface area contributed by atoms with Crippen molar-refractivity contribution in [1.29, 1.82) is 0 Å². The maximum absolute atomic E-state index is 12.0. The Balaban J connectivity index is 2.20. The fourth-order valence-electron chi connectivity index (χ4n) is 1.80. The molecule has 1 aromatic rings. The number of primary sulfonamides is 1. The number of nitrogens with two attached hydrogens (primary N) is 1. The minimum Gasteiger partial charge on any atom is -0.225 e. The number of sulfonamides is 2. The molecule has 3 N–H and O–H groups in total. The first-order chi connectivity index (χ1) is 8.70. The Kier molecular flexibility index (Phi) is 3.69. The second-order valence-corrected chi connectivity index (χ2v) is 8.17. The lowest BCUT2D eigenvalue weighted by Gasteiger charge is -2.07. The quantitative estimate of drug-likeness (QED) is 0.814. The zero-order valence-electron chi connectivity index (χ0n) is 10.4. The van der Waals surface area contributed by atoms with Gasteiger partial charge in [0.2, 0.25) is 20.0 Å². The molecule has 8 heteroatoms. The molecular formula is C11H16N2O4S2. The van der Waals surface area contributed by atoms with Gasteiger partial charge in [-0.1, -0.05) is 13.0 Å². The van der Waals surface area contributed by atoms with E-state index in [-0.39, 0.29) is 9.79 Å². The van der Waals surface area contributed by atoms with Crippen molar-refractivity contribution in [2.24, 2.45) is 17.0 Å². The average Bonchev–Trinajstić information content (AvgIpc) is 3.02. The van der Waals surface area contributed by atoms with Crippen molar-refractivity contribution in [2.75, 3.05) is 6.54 Å². The van der Waals surface area contributed by atoms with Crippen LogP contribution in [0.1, 0.15) is 13.3 Å². The van der Waals surface area contributed by atoms with Crippen LogP contribution in [0.4, 0.5) is 0 Å². The van der Waals surface area contributed by atoms with E-state index in [9.17, 15) is 16.8 Å². The maximum Gasteiger partial charge on any atom is 0.240 e. The van der Waals surface area contributed by atoms with Crippen molar-refractivity contribution in [1.82, 2.24) is 4.72 Å². The number of hydrogen-bond acceptors (Lipinski definition) is 4. The van der Waals surface area contributed by atoms with Crippen LogP contribution in [0.25, 0.3) is 0 Å². The van der Waals surface area contributed by atoms with Crippen molar-refractivity contribution in [3.05, 3.63) is 24.3 Å². The van der Waals surface area contributed by atoms with E-state index in [0.717, 1.165) is 12.5 Å². The predicted molar refractivity (Wildman–Crippen MR) is 70.3 cm³/mol. The molecule has 19 heavy (non-hydrogen) atoms. The minimum absolute atomic E-state index is 0.0904. The monoisotopic (exact) mass is 304 g/mol. The third kappa shape index (κ3) is 3.53. The van der Waals surface area contributed by atoms with E-state index in [1.54, 1.807) is 0 Å². The van der Waals surface area contributed by atoms with Gasteiger partial charge < -0.3 is 0 Å². The molecule has 1 saturated carbocycles. The summed E-state index contributed by atoms with van der Waals surface area (Å²) in [5.74, 6) is 0.912. The van der Waals surface area contributed by atoms with Crippen LogP contribution in [0.3, 0.4) is 0 Å². The molecule has 106 valence electrons. The van der Waals surface area contributed by atoms with Gasteiger partial charge in [0.1, 0.15) is 0 Å². The number of rotatable bonds is 5. The summed E-state index contributed by atoms with van der Waals surface area (Å²) < 4.78 is 48.9. The zero-order chi connectivity index (χ0) is 14.3. The van der Waals surface area contributed by atoms with Gasteiger partial charge in [-0.2, -0.15) is 0 Å². The van der Waals surface area contributed by atoms with E-state index in [0.29, 0.717) is 18.4 Å². The van der Waals surface area contributed by atoms with Crippen molar-refractivity contribution in [3.8, 4) is 0 Å². The van der Waals surface area contributed by atoms with Crippen LogP contribution in [0.2, 0.25) is 0 Å². The lowest BCUT2D eigenvalue weighted by atomic mass is 10.3. The summed E-state index contributed by atoms with van der Waals surface area (Å²) in [6.07, 6.45) is 1.01. The van der Waals surface area contributed by atoms with Gasteiger partial charge in [-0.15, -0.1) is 0 Å². The Bertz CT molecular complexity index is 682. The van der Waals surface area contributed by atoms with Crippen LogP contribution < -0.4 is 9.86 Å². The molecule has 1 aromatic carbocycles. The van der Waals surface area contributed by atoms with Crippen LogP contribution >= 0.6 is 0 Å². The predicted octanol–water partition coefficient (Wildman–Crippen LogP) is 0.268. The van der Waals surface area contributed by atoms with E-state index in [1.165, 1.54) is 18.2 Å². The summed E-state index contributed by atoms with van der Waals surface area (Å²) in [5, 5.41) is 4.98. The standard InChI is InChI=1S/C11H16N2O4S2/c1-8-5-9(8)7-13-19(16,17)11-4-2-3-10(6-11)18(12,14)15/h2-4,6,8-9,13H,5,7H2,1H3,(H2,12,14,15). The number of benzene rings is 1. The molecule has 2 unspecified atom stereocenters. The largest absolute Gasteiger partial charge is 0.240 e. The smallest absolute Gasteiger partial charge is 0.225 e. The Labute approximate surface area is 113 Å². The first-order valence-corrected chi connectivity index (χ1v) is 8.85. The highest BCUT2D eigenvalue weighted by molar-refractivity contribution is 7.90. The van der Waals surface area contributed by atoms with E-state index >= 15 is 0 Å². The lowest BCUT2D eigenvalue weighted by Crippen LogP contribution is -2.26. The third-order valence-corrected chi connectivity index (χ3v) is 5.59. The second kappa shape index (κ2) is 4.86. The summed E-state index contributed by atoms with van der Waals surface area (Å²) in [7, 11) is -7.60. The molecule has 0 radical (unpaired) electrons. The van der Waals surface area contributed by atoms with Crippen molar-refractivity contribution >= 4 is 20.0 Å². The highest BCUT2D eigenvalue weighted by atomic mass is 32.2. The van der Waals surface area contributed by atoms with Gasteiger partial charge in [0.25, 0.3) is 0 Å². The van der Waals surface area contributed by atoms with Gasteiger partial charge in [0.05, 0.1) is 9.79 Å². The average molecular weight is 304 g/mol. The normalized spacial score (nSPS) is 23.3. The van der Waals surface area contributed by atoms with Gasteiger partial charge in [0, 0.05) is 6.54 Å². The van der Waals surface area contributed by atoms with Gasteiger partial charge in [0.15, 0.2) is 0 Å². The van der Waals surface area contributed by atoms with E-state index in [2.05, 4.69) is 11.6 Å². The molecular weight excluding hydrogens is 288 g/mol. The van der Waals surface area contributed by atoms with Crippen LogP contribution in [-0.2, 0) is 20.0 Å². The third-order valence-electron chi connectivity index (χ3n) is 3.26. The molecule has 1 fully saturated rings. The molecule has 1 aliphatic carbocycles. The summed E-state index contributed by atoms with van der Waals surface area (Å²) in [4.78, 5) is -0.303. The fourth-order valence-corrected chi connectivity index (χ4v) is 3.58. The Morgan fingerprint density at radius 2 is 1.84 bits per heavy atom. The van der Waals surface area contributed by atoms with Gasteiger partial charge in [-0.05, 0) is 36.5 Å². The first-order valence-electron chi connectivity index (χ1n) is 5.83. The molecule has 2 rings (SSSR count). The van der Waals surface area contributed by atoms with Crippen molar-refractivity contribution in [2.45, 2.75) is 23.1 Å². The van der Waals surface area contributed by atoms with Crippen molar-refractivity contribution in [3.63, 3.8) is 0 Å². The molecule has 6 nitrogen and oxygen atoms in total. The van der Waals surface area contributed by atoms with Crippen LogP contribution in [0.15, 0.2) is 34.1 Å².